The highest BCUT2D eigenvalue weighted by Crippen LogP contribution is 2.24. The maximum absolute atomic E-state index is 12.1. The number of nitrogens with one attached hydrogen (secondary N) is 2. The predicted molar refractivity (Wildman–Crippen MR) is 84.4 cm³/mol. The number of alkyl carbamates (subject to hydrolysis) is 1. The molecule has 1 aromatic heterocycles. The Bertz CT molecular complexity index is 467. The lowest BCUT2D eigenvalue weighted by Gasteiger charge is -2.29. The summed E-state index contributed by atoms with van der Waals surface area (Å²) in [5.74, 6) is 0.796. The molecule has 0 aromatic carbocycles. The number of carbonyl (C=O) groups excluding carboxylic acids is 1. The number of aryl methyl sites for hydroxylation is 2. The number of hydrogen-bond donors (Lipinski definition) is 2. The third-order valence-corrected chi connectivity index (χ3v) is 3.56. The number of hydrogen-bond acceptors (Lipinski definition) is 3. The van der Waals surface area contributed by atoms with Crippen molar-refractivity contribution in [1.29, 1.82) is 0 Å². The Kier molecular flexibility index (Phi) is 5.42. The Morgan fingerprint density at radius 2 is 1.81 bits per heavy atom. The van der Waals surface area contributed by atoms with Gasteiger partial charge in [-0.2, -0.15) is 0 Å². The summed E-state index contributed by atoms with van der Waals surface area (Å²) in [6.07, 6.45) is 2.10. The van der Waals surface area contributed by atoms with E-state index in [0.717, 1.165) is 36.5 Å². The van der Waals surface area contributed by atoms with E-state index in [4.69, 9.17) is 4.74 Å². The van der Waals surface area contributed by atoms with E-state index in [9.17, 15) is 4.79 Å². The van der Waals surface area contributed by atoms with Gasteiger partial charge < -0.3 is 15.0 Å². The Balaban J connectivity index is 2.98. The van der Waals surface area contributed by atoms with Crippen LogP contribution in [0.2, 0.25) is 0 Å². The molecule has 1 unspecified atom stereocenters. The van der Waals surface area contributed by atoms with Crippen molar-refractivity contribution in [2.75, 3.05) is 0 Å². The van der Waals surface area contributed by atoms with Gasteiger partial charge in [-0.25, -0.2) is 9.78 Å². The van der Waals surface area contributed by atoms with Crippen LogP contribution in [0.3, 0.4) is 0 Å². The molecular weight excluding hydrogens is 266 g/mol. The average Bonchev–Trinajstić information content (AvgIpc) is 2.79. The van der Waals surface area contributed by atoms with Crippen molar-refractivity contribution in [2.45, 2.75) is 78.9 Å². The zero-order valence-electron chi connectivity index (χ0n) is 14.4. The van der Waals surface area contributed by atoms with Crippen LogP contribution in [0.4, 0.5) is 4.79 Å². The third kappa shape index (κ3) is 4.48. The van der Waals surface area contributed by atoms with Crippen molar-refractivity contribution in [2.24, 2.45) is 0 Å². The molecule has 21 heavy (non-hydrogen) atoms. The van der Waals surface area contributed by atoms with E-state index in [-0.39, 0.29) is 0 Å². The normalized spacial score (nSPS) is 14.6. The number of amides is 1. The molecule has 1 atom stereocenters. The summed E-state index contributed by atoms with van der Waals surface area (Å²) in [7, 11) is 0. The zero-order valence-corrected chi connectivity index (χ0v) is 14.4. The molecule has 0 bridgehead atoms. The monoisotopic (exact) mass is 295 g/mol. The van der Waals surface area contributed by atoms with Crippen LogP contribution in [0.25, 0.3) is 0 Å². The standard InChI is InChI=1S/C16H29N3O2/c1-8-11-12(9-2)18-13(17-11)16(7,10-3)19-14(20)21-15(4,5)6/h8-10H2,1-7H3,(H,17,18)(H,19,20). The summed E-state index contributed by atoms with van der Waals surface area (Å²) in [6.45, 7) is 13.7. The van der Waals surface area contributed by atoms with Gasteiger partial charge in [0.1, 0.15) is 11.4 Å². The molecule has 0 aliphatic carbocycles. The van der Waals surface area contributed by atoms with E-state index in [2.05, 4.69) is 29.1 Å². The molecular formula is C16H29N3O2. The Labute approximate surface area is 127 Å². The van der Waals surface area contributed by atoms with Crippen molar-refractivity contribution < 1.29 is 9.53 Å². The molecule has 1 heterocycles. The maximum Gasteiger partial charge on any atom is 0.408 e. The molecule has 0 saturated carbocycles. The van der Waals surface area contributed by atoms with Crippen molar-refractivity contribution in [3.63, 3.8) is 0 Å². The van der Waals surface area contributed by atoms with Crippen LogP contribution in [0.5, 0.6) is 0 Å². The molecule has 0 aliphatic rings. The first-order valence-electron chi connectivity index (χ1n) is 7.74. The summed E-state index contributed by atoms with van der Waals surface area (Å²) < 4.78 is 5.35. The van der Waals surface area contributed by atoms with Gasteiger partial charge in [0.25, 0.3) is 0 Å². The first-order chi connectivity index (χ1) is 9.65. The molecule has 5 heteroatoms. The molecule has 120 valence electrons. The lowest BCUT2D eigenvalue weighted by Crippen LogP contribution is -2.46. The fourth-order valence-corrected chi connectivity index (χ4v) is 2.14. The van der Waals surface area contributed by atoms with Crippen LogP contribution in [0, 0.1) is 0 Å². The summed E-state index contributed by atoms with van der Waals surface area (Å²) in [5.41, 5.74) is 1.14. The van der Waals surface area contributed by atoms with Gasteiger partial charge >= 0.3 is 6.09 Å². The lowest BCUT2D eigenvalue weighted by molar-refractivity contribution is 0.0453. The van der Waals surface area contributed by atoms with Crippen molar-refractivity contribution in [1.82, 2.24) is 15.3 Å². The molecule has 0 fully saturated rings. The highest BCUT2D eigenvalue weighted by Gasteiger charge is 2.32. The first kappa shape index (κ1) is 17.5. The van der Waals surface area contributed by atoms with Crippen LogP contribution in [0.1, 0.15) is 72.1 Å². The average molecular weight is 295 g/mol. The highest BCUT2D eigenvalue weighted by molar-refractivity contribution is 5.68. The number of nitrogens with zero attached hydrogens (tertiary/aromatic N) is 1. The molecule has 1 aromatic rings. The number of aromatic amines is 1. The molecule has 5 nitrogen and oxygen atoms in total. The SMILES string of the molecule is CCc1nc(C(C)(CC)NC(=O)OC(C)(C)C)[nH]c1CC. The van der Waals surface area contributed by atoms with E-state index < -0.39 is 17.2 Å². The van der Waals surface area contributed by atoms with Crippen molar-refractivity contribution in [3.8, 4) is 0 Å². The Hall–Kier alpha value is -1.52. The number of ether oxygens (including phenoxy) is 1. The van der Waals surface area contributed by atoms with Gasteiger partial charge in [0.2, 0.25) is 0 Å². The van der Waals surface area contributed by atoms with Gasteiger partial charge in [0.15, 0.2) is 0 Å². The van der Waals surface area contributed by atoms with Gasteiger partial charge in [-0.1, -0.05) is 20.8 Å². The van der Waals surface area contributed by atoms with Crippen molar-refractivity contribution >= 4 is 6.09 Å². The van der Waals surface area contributed by atoms with E-state index in [0.29, 0.717) is 0 Å². The van der Waals surface area contributed by atoms with Crippen LogP contribution in [-0.2, 0) is 23.1 Å². The van der Waals surface area contributed by atoms with Crippen LogP contribution >= 0.6 is 0 Å². The Morgan fingerprint density at radius 1 is 1.19 bits per heavy atom. The lowest BCUT2D eigenvalue weighted by atomic mass is 9.98. The quantitative estimate of drug-likeness (QED) is 0.870. The summed E-state index contributed by atoms with van der Waals surface area (Å²) >= 11 is 0. The van der Waals surface area contributed by atoms with Crippen LogP contribution in [0.15, 0.2) is 0 Å². The second-order valence-electron chi connectivity index (χ2n) is 6.53. The van der Waals surface area contributed by atoms with Crippen LogP contribution in [-0.4, -0.2) is 21.7 Å². The third-order valence-electron chi connectivity index (χ3n) is 3.56. The molecule has 1 amide bonds. The number of carbonyl (C=O) groups is 1. The molecule has 1 rings (SSSR count). The minimum atomic E-state index is -0.556. The van der Waals surface area contributed by atoms with Gasteiger partial charge in [-0.15, -0.1) is 0 Å². The Morgan fingerprint density at radius 3 is 2.19 bits per heavy atom. The number of rotatable bonds is 5. The largest absolute Gasteiger partial charge is 0.444 e. The fourth-order valence-electron chi connectivity index (χ4n) is 2.14. The highest BCUT2D eigenvalue weighted by atomic mass is 16.6. The number of imidazole rings is 1. The van der Waals surface area contributed by atoms with Gasteiger partial charge in [0.05, 0.1) is 11.2 Å². The van der Waals surface area contributed by atoms with E-state index in [1.165, 1.54) is 0 Å². The predicted octanol–water partition coefficient (Wildman–Crippen LogP) is 3.68. The topological polar surface area (TPSA) is 67.0 Å². The summed E-state index contributed by atoms with van der Waals surface area (Å²) in [6, 6.07) is 0. The van der Waals surface area contributed by atoms with Gasteiger partial charge in [-0.3, -0.25) is 0 Å². The molecule has 0 aliphatic heterocycles. The second-order valence-corrected chi connectivity index (χ2v) is 6.53. The van der Waals surface area contributed by atoms with E-state index in [1.807, 2.05) is 34.6 Å². The van der Waals surface area contributed by atoms with Crippen LogP contribution < -0.4 is 5.32 Å². The first-order valence-corrected chi connectivity index (χ1v) is 7.74. The van der Waals surface area contributed by atoms with Gasteiger partial charge in [-0.05, 0) is 47.0 Å². The minimum absolute atomic E-state index is 0.417. The summed E-state index contributed by atoms with van der Waals surface area (Å²) in [4.78, 5) is 20.1. The fraction of sp³-hybridized carbons (Fsp3) is 0.750. The molecule has 0 spiro atoms. The molecule has 0 radical (unpaired) electrons. The van der Waals surface area contributed by atoms with E-state index >= 15 is 0 Å². The van der Waals surface area contributed by atoms with Gasteiger partial charge in [0, 0.05) is 5.69 Å². The maximum atomic E-state index is 12.1. The molecule has 0 saturated heterocycles. The van der Waals surface area contributed by atoms with Crippen molar-refractivity contribution in [3.05, 3.63) is 17.2 Å². The number of H-pyrrole nitrogens is 1. The minimum Gasteiger partial charge on any atom is -0.444 e. The number of aromatic nitrogens is 2. The van der Waals surface area contributed by atoms with E-state index in [1.54, 1.807) is 0 Å². The smallest absolute Gasteiger partial charge is 0.408 e. The molecule has 2 N–H and O–H groups in total. The second kappa shape index (κ2) is 6.50. The summed E-state index contributed by atoms with van der Waals surface area (Å²) in [5, 5.41) is 2.95. The zero-order chi connectivity index (χ0) is 16.3.